The summed E-state index contributed by atoms with van der Waals surface area (Å²) in [6.45, 7) is 15.1. The van der Waals surface area contributed by atoms with Crippen molar-refractivity contribution in [3.63, 3.8) is 0 Å². The average Bonchev–Trinajstić information content (AvgIpc) is 1.68. The van der Waals surface area contributed by atoms with Crippen molar-refractivity contribution in [1.82, 2.24) is 0 Å². The zero-order valence-electron chi connectivity index (χ0n) is 12.1. The second kappa shape index (κ2) is 6.81. The van der Waals surface area contributed by atoms with Crippen LogP contribution in [0.2, 0.25) is 45.8 Å². The minimum Gasteiger partial charge on any atom is -0.481 e. The monoisotopic (exact) mass is 298 g/mol. The maximum Gasteiger partial charge on any atom is 0.473 e. The minimum absolute atomic E-state index is 0.833. The van der Waals surface area contributed by atoms with Crippen molar-refractivity contribution in [2.45, 2.75) is 52.8 Å². The average molecular weight is 299 g/mol. The summed E-state index contributed by atoms with van der Waals surface area (Å²) < 4.78 is 11.3. The number of aliphatic carboxylic acids is 1. The first-order valence-electron chi connectivity index (χ1n) is 5.47. The normalized spacial score (nSPS) is 12.8. The van der Waals surface area contributed by atoms with Gasteiger partial charge in [0.2, 0.25) is 0 Å². The van der Waals surface area contributed by atoms with Crippen molar-refractivity contribution >= 4 is 31.4 Å². The van der Waals surface area contributed by atoms with Crippen LogP contribution >= 0.6 is 0 Å². The largest absolute Gasteiger partial charge is 0.481 e. The molecule has 104 valence electrons. The van der Waals surface area contributed by atoms with E-state index in [1.807, 2.05) is 0 Å². The molecule has 2 N–H and O–H groups in total. The highest BCUT2D eigenvalue weighted by molar-refractivity contribution is 6.84. The molecule has 0 amide bonds. The lowest BCUT2D eigenvalue weighted by Crippen LogP contribution is -2.52. The van der Waals surface area contributed by atoms with Crippen molar-refractivity contribution in [3.8, 4) is 0 Å². The van der Waals surface area contributed by atoms with Gasteiger partial charge in [-0.25, -0.2) is 0 Å². The second-order valence-electron chi connectivity index (χ2n) is 5.85. The fraction of sp³-hybridized carbons (Fsp3) is 0.889. The van der Waals surface area contributed by atoms with Gasteiger partial charge in [0.1, 0.15) is 0 Å². The highest BCUT2D eigenvalue weighted by atomic mass is 28.5. The van der Waals surface area contributed by atoms with Crippen LogP contribution in [0.25, 0.3) is 0 Å². The molecule has 0 aliphatic rings. The van der Waals surface area contributed by atoms with E-state index in [0.717, 1.165) is 6.92 Å². The van der Waals surface area contributed by atoms with Crippen LogP contribution in [-0.2, 0) is 13.0 Å². The molecule has 0 radical (unpaired) electrons. The SMILES string of the molecule is CC(=O)O.C[Si](C)(C)O[Si](C)(O)O[Si](C)(C)C. The number of carboxylic acids is 1. The lowest BCUT2D eigenvalue weighted by molar-refractivity contribution is -0.134. The van der Waals surface area contributed by atoms with Gasteiger partial charge >= 0.3 is 8.80 Å². The van der Waals surface area contributed by atoms with Gasteiger partial charge < -0.3 is 18.1 Å². The van der Waals surface area contributed by atoms with Gasteiger partial charge in [0, 0.05) is 13.5 Å². The van der Waals surface area contributed by atoms with Gasteiger partial charge in [0.05, 0.1) is 0 Å². The van der Waals surface area contributed by atoms with E-state index < -0.39 is 31.4 Å². The molecular weight excluding hydrogens is 272 g/mol. The molecule has 0 unspecified atom stereocenters. The highest BCUT2D eigenvalue weighted by Crippen LogP contribution is 2.17. The smallest absolute Gasteiger partial charge is 0.473 e. The summed E-state index contributed by atoms with van der Waals surface area (Å²) in [5.74, 6) is -0.833. The predicted molar refractivity (Wildman–Crippen MR) is 76.0 cm³/mol. The molecule has 0 aromatic rings. The molecule has 0 aromatic heterocycles. The molecule has 0 fully saturated rings. The molecular formula is C9H26O5Si3. The van der Waals surface area contributed by atoms with E-state index in [9.17, 15) is 4.80 Å². The second-order valence-corrected chi connectivity index (χ2v) is 17.7. The zero-order chi connectivity index (χ0) is 14.5. The van der Waals surface area contributed by atoms with Crippen LogP contribution in [0.15, 0.2) is 0 Å². The Balaban J connectivity index is 0. The summed E-state index contributed by atoms with van der Waals surface area (Å²) in [4.78, 5) is 18.9. The van der Waals surface area contributed by atoms with Crippen molar-refractivity contribution < 1.29 is 22.9 Å². The van der Waals surface area contributed by atoms with Crippen LogP contribution in [0.3, 0.4) is 0 Å². The van der Waals surface area contributed by atoms with Gasteiger partial charge in [-0.05, 0) is 39.3 Å². The molecule has 17 heavy (non-hydrogen) atoms. The van der Waals surface area contributed by atoms with Crippen LogP contribution in [0.4, 0.5) is 0 Å². The van der Waals surface area contributed by atoms with E-state index in [1.54, 1.807) is 6.55 Å². The summed E-state index contributed by atoms with van der Waals surface area (Å²) >= 11 is 0. The first kappa shape index (κ1) is 19.3. The summed E-state index contributed by atoms with van der Waals surface area (Å²) in [5, 5.41) is 7.42. The number of rotatable bonds is 4. The quantitative estimate of drug-likeness (QED) is 0.779. The number of carboxylic acid groups (broad SMARTS) is 1. The minimum atomic E-state index is -2.85. The van der Waals surface area contributed by atoms with E-state index in [1.165, 1.54) is 0 Å². The Morgan fingerprint density at radius 1 is 0.882 bits per heavy atom. The van der Waals surface area contributed by atoms with E-state index >= 15 is 0 Å². The molecule has 0 aliphatic heterocycles. The molecule has 0 saturated heterocycles. The van der Waals surface area contributed by atoms with Gasteiger partial charge in [-0.1, -0.05) is 0 Å². The Kier molecular flexibility index (Phi) is 7.74. The van der Waals surface area contributed by atoms with Crippen molar-refractivity contribution in [2.24, 2.45) is 0 Å². The standard InChI is InChI=1S/C7H22O3Si3.C2H4O2/c1-11(2,3)9-13(7,8)10-12(4,5)6;1-2(3)4/h8H,1-7H3;1H3,(H,3,4). The van der Waals surface area contributed by atoms with E-state index in [-0.39, 0.29) is 0 Å². The van der Waals surface area contributed by atoms with Crippen molar-refractivity contribution in [3.05, 3.63) is 0 Å². The Hall–Kier alpha value is 0.000649. The first-order valence-corrected chi connectivity index (χ1v) is 14.5. The molecule has 0 rings (SSSR count). The van der Waals surface area contributed by atoms with E-state index in [2.05, 4.69) is 39.3 Å². The summed E-state index contributed by atoms with van der Waals surface area (Å²) in [5.41, 5.74) is 0. The maximum absolute atomic E-state index is 9.95. The molecule has 0 atom stereocenters. The fourth-order valence-corrected chi connectivity index (χ4v) is 10.8. The Bertz CT molecular complexity index is 220. The molecule has 0 bridgehead atoms. The Labute approximate surface area is 107 Å². The fourth-order valence-electron chi connectivity index (χ4n) is 1.16. The zero-order valence-corrected chi connectivity index (χ0v) is 15.1. The molecule has 0 heterocycles. The molecule has 0 aromatic carbocycles. The molecule has 0 aliphatic carbocycles. The van der Waals surface area contributed by atoms with Gasteiger partial charge in [0.25, 0.3) is 5.97 Å². The highest BCUT2D eigenvalue weighted by Gasteiger charge is 2.39. The third-order valence-corrected chi connectivity index (χ3v) is 8.92. The van der Waals surface area contributed by atoms with Gasteiger partial charge in [-0.15, -0.1) is 0 Å². The lowest BCUT2D eigenvalue weighted by Gasteiger charge is -2.33. The van der Waals surface area contributed by atoms with E-state index in [0.29, 0.717) is 0 Å². The molecule has 0 spiro atoms. The van der Waals surface area contributed by atoms with Gasteiger partial charge in [-0.3, -0.25) is 4.79 Å². The van der Waals surface area contributed by atoms with Crippen LogP contribution in [0.5, 0.6) is 0 Å². The van der Waals surface area contributed by atoms with Gasteiger partial charge in [0.15, 0.2) is 16.6 Å². The maximum atomic E-state index is 9.95. The third kappa shape index (κ3) is 21.8. The van der Waals surface area contributed by atoms with Crippen LogP contribution in [0.1, 0.15) is 6.92 Å². The van der Waals surface area contributed by atoms with Gasteiger partial charge in [-0.2, -0.15) is 0 Å². The van der Waals surface area contributed by atoms with Crippen LogP contribution in [0, 0.1) is 0 Å². The summed E-state index contributed by atoms with van der Waals surface area (Å²) in [6.07, 6.45) is 0. The molecule has 8 heteroatoms. The number of hydrogen-bond acceptors (Lipinski definition) is 4. The van der Waals surface area contributed by atoms with Crippen molar-refractivity contribution in [2.75, 3.05) is 0 Å². The summed E-state index contributed by atoms with van der Waals surface area (Å²) in [7, 11) is -6.22. The third-order valence-electron chi connectivity index (χ3n) is 0.991. The molecule has 5 nitrogen and oxygen atoms in total. The Morgan fingerprint density at radius 2 is 1.06 bits per heavy atom. The number of carbonyl (C=O) groups is 1. The lowest BCUT2D eigenvalue weighted by atomic mass is 10.9. The van der Waals surface area contributed by atoms with Crippen molar-refractivity contribution in [1.29, 1.82) is 0 Å². The summed E-state index contributed by atoms with van der Waals surface area (Å²) in [6, 6.07) is 0. The van der Waals surface area contributed by atoms with Crippen LogP contribution in [-0.4, -0.2) is 41.3 Å². The van der Waals surface area contributed by atoms with Crippen LogP contribution < -0.4 is 0 Å². The molecule has 0 saturated carbocycles. The topological polar surface area (TPSA) is 76.0 Å². The number of hydrogen-bond donors (Lipinski definition) is 2. The van der Waals surface area contributed by atoms with E-state index in [4.69, 9.17) is 18.1 Å². The predicted octanol–water partition coefficient (Wildman–Crippen LogP) is 2.34. The Morgan fingerprint density at radius 3 is 1.18 bits per heavy atom. The first-order chi connectivity index (χ1) is 7.15.